The van der Waals surface area contributed by atoms with E-state index < -0.39 is 0 Å². The second-order valence-corrected chi connectivity index (χ2v) is 6.90. The molecule has 0 bridgehead atoms. The number of aromatic nitrogens is 2. The normalized spacial score (nSPS) is 12.1. The summed E-state index contributed by atoms with van der Waals surface area (Å²) < 4.78 is 2.02. The van der Waals surface area contributed by atoms with E-state index in [-0.39, 0.29) is 5.41 Å². The highest BCUT2D eigenvalue weighted by Gasteiger charge is 2.32. The Labute approximate surface area is 142 Å². The monoisotopic (exact) mass is 358 g/mol. The van der Waals surface area contributed by atoms with Crippen LogP contribution >= 0.6 is 46.1 Å². The lowest BCUT2D eigenvalue weighted by Gasteiger charge is -2.29. The molecule has 0 aliphatic rings. The van der Waals surface area contributed by atoms with Gasteiger partial charge in [-0.3, -0.25) is 4.40 Å². The van der Waals surface area contributed by atoms with Gasteiger partial charge in [-0.1, -0.05) is 23.7 Å². The number of thiazole rings is 1. The molecule has 3 aromatic rings. The largest absolute Gasteiger partial charge is 0.297 e. The summed E-state index contributed by atoms with van der Waals surface area (Å²) in [6.45, 7) is 0. The minimum Gasteiger partial charge on any atom is -0.297 e. The molecule has 21 heavy (non-hydrogen) atoms. The van der Waals surface area contributed by atoms with E-state index in [2.05, 4.69) is 4.98 Å². The third-order valence-corrected chi connectivity index (χ3v) is 5.68. The van der Waals surface area contributed by atoms with Crippen LogP contribution in [0.25, 0.3) is 4.96 Å². The molecule has 0 radical (unpaired) electrons. The Bertz CT molecular complexity index is 700. The molecule has 0 aliphatic heterocycles. The van der Waals surface area contributed by atoms with Crippen molar-refractivity contribution in [3.63, 3.8) is 0 Å². The van der Waals surface area contributed by atoms with Crippen molar-refractivity contribution in [3.8, 4) is 0 Å². The lowest BCUT2D eigenvalue weighted by atomic mass is 9.80. The quantitative estimate of drug-likeness (QED) is 0.585. The Morgan fingerprint density at radius 1 is 1.14 bits per heavy atom. The summed E-state index contributed by atoms with van der Waals surface area (Å²) in [7, 11) is 0. The number of fused-ring (bicyclic) bond motifs is 1. The molecule has 2 heterocycles. The maximum atomic E-state index is 6.27. The average Bonchev–Trinajstić information content (AvgIpc) is 3.07. The molecule has 0 aliphatic carbocycles. The van der Waals surface area contributed by atoms with Gasteiger partial charge in [0, 0.05) is 46.4 Å². The van der Waals surface area contributed by atoms with Gasteiger partial charge in [-0.25, -0.2) is 4.98 Å². The third-order valence-electron chi connectivity index (χ3n) is 3.63. The van der Waals surface area contributed by atoms with Gasteiger partial charge in [0.05, 0.1) is 5.69 Å². The second-order valence-electron chi connectivity index (χ2n) is 5.06. The van der Waals surface area contributed by atoms with Crippen molar-refractivity contribution in [3.05, 3.63) is 58.3 Å². The zero-order chi connectivity index (χ0) is 14.9. The molecule has 0 saturated carbocycles. The average molecular weight is 360 g/mol. The zero-order valence-corrected chi connectivity index (χ0v) is 14.2. The standard InChI is InChI=1S/C15H13Cl3N2S/c16-9-15(10-17,11-1-3-12(18)4-2-11)7-13-8-20-5-6-21-14(20)19-13/h1-6,8H,7,9-10H2. The van der Waals surface area contributed by atoms with Gasteiger partial charge in [-0.05, 0) is 17.7 Å². The Morgan fingerprint density at radius 2 is 1.86 bits per heavy atom. The highest BCUT2D eigenvalue weighted by Crippen LogP contribution is 2.32. The molecule has 1 aromatic carbocycles. The highest BCUT2D eigenvalue weighted by atomic mass is 35.5. The fourth-order valence-electron chi connectivity index (χ4n) is 2.40. The topological polar surface area (TPSA) is 17.3 Å². The summed E-state index contributed by atoms with van der Waals surface area (Å²) in [5.74, 6) is 0.868. The first-order valence-electron chi connectivity index (χ1n) is 6.46. The van der Waals surface area contributed by atoms with Crippen molar-refractivity contribution in [2.24, 2.45) is 0 Å². The van der Waals surface area contributed by atoms with Crippen LogP contribution in [0.4, 0.5) is 0 Å². The van der Waals surface area contributed by atoms with Gasteiger partial charge in [0.1, 0.15) is 0 Å². The van der Waals surface area contributed by atoms with Crippen LogP contribution in [0.2, 0.25) is 5.02 Å². The van der Waals surface area contributed by atoms with Crippen molar-refractivity contribution in [2.75, 3.05) is 11.8 Å². The molecule has 0 fully saturated rings. The molecule has 3 rings (SSSR count). The van der Waals surface area contributed by atoms with E-state index in [9.17, 15) is 0 Å². The highest BCUT2D eigenvalue weighted by molar-refractivity contribution is 7.15. The zero-order valence-electron chi connectivity index (χ0n) is 11.1. The van der Waals surface area contributed by atoms with E-state index in [1.165, 1.54) is 0 Å². The van der Waals surface area contributed by atoms with Crippen LogP contribution in [0.3, 0.4) is 0 Å². The molecule has 2 aromatic heterocycles. The molecular formula is C15H13Cl3N2S. The van der Waals surface area contributed by atoms with Crippen molar-refractivity contribution in [1.82, 2.24) is 9.38 Å². The summed E-state index contributed by atoms with van der Waals surface area (Å²) >= 11 is 20.1. The first kappa shape index (κ1) is 15.2. The Balaban J connectivity index is 1.96. The van der Waals surface area contributed by atoms with Crippen molar-refractivity contribution < 1.29 is 0 Å². The van der Waals surface area contributed by atoms with Gasteiger partial charge in [0.25, 0.3) is 0 Å². The van der Waals surface area contributed by atoms with Crippen LogP contribution in [-0.2, 0) is 11.8 Å². The summed E-state index contributed by atoms with van der Waals surface area (Å²) in [5, 5.41) is 2.72. The van der Waals surface area contributed by atoms with Gasteiger partial charge in [0.2, 0.25) is 0 Å². The molecule has 0 atom stereocenters. The van der Waals surface area contributed by atoms with Crippen LogP contribution in [-0.4, -0.2) is 21.1 Å². The Hall–Kier alpha value is -0.740. The van der Waals surface area contributed by atoms with Gasteiger partial charge >= 0.3 is 0 Å². The number of halogens is 3. The number of rotatable bonds is 5. The van der Waals surface area contributed by atoms with Crippen LogP contribution in [0.1, 0.15) is 11.3 Å². The number of hydrogen-bond acceptors (Lipinski definition) is 2. The molecule has 0 amide bonds. The maximum Gasteiger partial charge on any atom is 0.193 e. The van der Waals surface area contributed by atoms with Gasteiger partial charge in [0.15, 0.2) is 4.96 Å². The van der Waals surface area contributed by atoms with Crippen molar-refractivity contribution >= 4 is 51.1 Å². The van der Waals surface area contributed by atoms with Crippen LogP contribution in [0, 0.1) is 0 Å². The lowest BCUT2D eigenvalue weighted by molar-refractivity contribution is 0.530. The van der Waals surface area contributed by atoms with Crippen LogP contribution in [0.15, 0.2) is 42.0 Å². The smallest absolute Gasteiger partial charge is 0.193 e. The summed E-state index contributed by atoms with van der Waals surface area (Å²) in [6.07, 6.45) is 4.74. The molecular weight excluding hydrogens is 347 g/mol. The molecule has 0 saturated heterocycles. The molecule has 0 spiro atoms. The second kappa shape index (κ2) is 6.17. The van der Waals surface area contributed by atoms with Crippen LogP contribution < -0.4 is 0 Å². The number of alkyl halides is 2. The Morgan fingerprint density at radius 3 is 2.48 bits per heavy atom. The Kier molecular flexibility index (Phi) is 4.46. The van der Waals surface area contributed by atoms with E-state index in [0.717, 1.165) is 16.2 Å². The summed E-state index contributed by atoms with van der Waals surface area (Å²) in [4.78, 5) is 5.62. The van der Waals surface area contributed by atoms with Crippen LogP contribution in [0.5, 0.6) is 0 Å². The number of benzene rings is 1. The fourth-order valence-corrected chi connectivity index (χ4v) is 4.03. The predicted octanol–water partition coefficient (Wildman–Crippen LogP) is 5.01. The van der Waals surface area contributed by atoms with E-state index in [1.54, 1.807) is 11.3 Å². The first-order valence-corrected chi connectivity index (χ1v) is 8.78. The minimum absolute atomic E-state index is 0.336. The molecule has 110 valence electrons. The van der Waals surface area contributed by atoms with E-state index in [4.69, 9.17) is 34.8 Å². The maximum absolute atomic E-state index is 6.27. The minimum atomic E-state index is -0.336. The van der Waals surface area contributed by atoms with Crippen molar-refractivity contribution in [1.29, 1.82) is 0 Å². The van der Waals surface area contributed by atoms with Gasteiger partial charge in [-0.2, -0.15) is 0 Å². The van der Waals surface area contributed by atoms with Gasteiger partial charge in [-0.15, -0.1) is 34.5 Å². The molecule has 0 unspecified atom stereocenters. The first-order chi connectivity index (χ1) is 10.2. The van der Waals surface area contributed by atoms with E-state index >= 15 is 0 Å². The summed E-state index contributed by atoms with van der Waals surface area (Å²) in [6, 6.07) is 7.73. The third kappa shape index (κ3) is 2.93. The number of hydrogen-bond donors (Lipinski definition) is 0. The SMILES string of the molecule is ClCC(CCl)(Cc1cn2ccsc2n1)c1ccc(Cl)cc1. The lowest BCUT2D eigenvalue weighted by Crippen LogP contribution is -2.33. The molecule has 2 nitrogen and oxygen atoms in total. The number of imidazole rings is 1. The number of nitrogens with zero attached hydrogens (tertiary/aromatic N) is 2. The summed E-state index contributed by atoms with van der Waals surface area (Å²) in [5.41, 5.74) is 1.75. The predicted molar refractivity (Wildman–Crippen MR) is 91.3 cm³/mol. The van der Waals surface area contributed by atoms with E-state index in [0.29, 0.717) is 23.2 Å². The fraction of sp³-hybridized carbons (Fsp3) is 0.267. The van der Waals surface area contributed by atoms with Gasteiger partial charge < -0.3 is 0 Å². The van der Waals surface area contributed by atoms with Crippen molar-refractivity contribution in [2.45, 2.75) is 11.8 Å². The molecule has 0 N–H and O–H groups in total. The molecule has 6 heteroatoms. The van der Waals surface area contributed by atoms with E-state index in [1.807, 2.05) is 46.4 Å².